The maximum Gasteiger partial charge on any atom is 0.230 e. The number of pyridine rings is 1. The summed E-state index contributed by atoms with van der Waals surface area (Å²) in [5.41, 5.74) is 2.49. The fraction of sp³-hybridized carbons (Fsp3) is 0.500. The fourth-order valence-corrected chi connectivity index (χ4v) is 5.05. The van der Waals surface area contributed by atoms with E-state index in [1.54, 1.807) is 23.1 Å². The summed E-state index contributed by atoms with van der Waals surface area (Å²) in [6.45, 7) is 0. The Morgan fingerprint density at radius 3 is 2.74 bits per heavy atom. The number of aromatic nitrogens is 3. The van der Waals surface area contributed by atoms with Crippen molar-refractivity contribution in [1.29, 1.82) is 5.26 Å². The molecule has 0 aliphatic heterocycles. The second kappa shape index (κ2) is 6.10. The smallest absolute Gasteiger partial charge is 0.230 e. The number of hydrogen-bond acceptors (Lipinski definition) is 7. The van der Waals surface area contributed by atoms with Crippen molar-refractivity contribution in [3.63, 3.8) is 0 Å². The molecule has 0 aromatic carbocycles. The standard InChI is InChI=1S/C16H16N4OS2/c17-7-12-10-3-1-2-4-11(10)16(18-14(12)21)22-8-13-19-20-15(23-13)9-5-6-9/h9H,1-6,8H2,(H,18,21). The Hall–Kier alpha value is -1.65. The monoisotopic (exact) mass is 344 g/mol. The van der Waals surface area contributed by atoms with E-state index < -0.39 is 0 Å². The van der Waals surface area contributed by atoms with Crippen LogP contribution >= 0.6 is 23.1 Å². The Morgan fingerprint density at radius 1 is 1.22 bits per heavy atom. The first-order valence-electron chi connectivity index (χ1n) is 7.86. The highest BCUT2D eigenvalue weighted by Crippen LogP contribution is 2.42. The zero-order valence-corrected chi connectivity index (χ0v) is 14.2. The molecule has 118 valence electrons. The largest absolute Gasteiger partial charge is 0.492 e. The van der Waals surface area contributed by atoms with Crippen molar-refractivity contribution >= 4 is 23.1 Å². The van der Waals surface area contributed by atoms with Crippen LogP contribution in [0.3, 0.4) is 0 Å². The van der Waals surface area contributed by atoms with Crippen molar-refractivity contribution < 1.29 is 5.11 Å². The Labute approximate surface area is 142 Å². The van der Waals surface area contributed by atoms with Gasteiger partial charge in [0.2, 0.25) is 5.88 Å². The summed E-state index contributed by atoms with van der Waals surface area (Å²) in [4.78, 5) is 4.28. The highest BCUT2D eigenvalue weighted by molar-refractivity contribution is 7.98. The summed E-state index contributed by atoms with van der Waals surface area (Å²) in [5.74, 6) is 1.22. The maximum absolute atomic E-state index is 10.1. The number of rotatable bonds is 4. The Bertz CT molecular complexity index is 792. The summed E-state index contributed by atoms with van der Waals surface area (Å²) in [6, 6.07) is 2.11. The third-order valence-corrected chi connectivity index (χ3v) is 6.61. The van der Waals surface area contributed by atoms with Crippen LogP contribution in [0.2, 0.25) is 0 Å². The van der Waals surface area contributed by atoms with Crippen LogP contribution in [0.25, 0.3) is 0 Å². The van der Waals surface area contributed by atoms with E-state index in [1.165, 1.54) is 12.8 Å². The van der Waals surface area contributed by atoms with Gasteiger partial charge < -0.3 is 5.11 Å². The first kappa shape index (κ1) is 14.9. The maximum atomic E-state index is 10.1. The minimum absolute atomic E-state index is 0.133. The highest BCUT2D eigenvalue weighted by atomic mass is 32.2. The van der Waals surface area contributed by atoms with Gasteiger partial charge in [-0.3, -0.25) is 0 Å². The van der Waals surface area contributed by atoms with Gasteiger partial charge in [-0.15, -0.1) is 21.5 Å². The second-order valence-corrected chi connectivity index (χ2v) is 8.05. The number of aromatic hydroxyl groups is 1. The van der Waals surface area contributed by atoms with Crippen molar-refractivity contribution in [2.75, 3.05) is 0 Å². The molecule has 2 aromatic rings. The molecule has 4 rings (SSSR count). The lowest BCUT2D eigenvalue weighted by molar-refractivity contribution is 0.442. The Morgan fingerprint density at radius 2 is 2.00 bits per heavy atom. The van der Waals surface area contributed by atoms with Crippen molar-refractivity contribution in [2.24, 2.45) is 0 Å². The van der Waals surface area contributed by atoms with Crippen molar-refractivity contribution in [3.8, 4) is 11.9 Å². The third kappa shape index (κ3) is 2.93. The summed E-state index contributed by atoms with van der Waals surface area (Å²) in [5, 5.41) is 30.9. The van der Waals surface area contributed by atoms with Gasteiger partial charge in [-0.05, 0) is 49.7 Å². The lowest BCUT2D eigenvalue weighted by Crippen LogP contribution is -2.09. The minimum atomic E-state index is -0.133. The van der Waals surface area contributed by atoms with Crippen LogP contribution in [0.1, 0.15) is 58.3 Å². The number of thioether (sulfide) groups is 1. The lowest BCUT2D eigenvalue weighted by atomic mass is 9.90. The van der Waals surface area contributed by atoms with Gasteiger partial charge in [0, 0.05) is 5.92 Å². The quantitative estimate of drug-likeness (QED) is 0.854. The molecule has 7 heteroatoms. The summed E-state index contributed by atoms with van der Waals surface area (Å²) >= 11 is 3.28. The predicted molar refractivity (Wildman–Crippen MR) is 88.7 cm³/mol. The van der Waals surface area contributed by atoms with E-state index >= 15 is 0 Å². The molecule has 0 bridgehead atoms. The molecule has 2 heterocycles. The second-order valence-electron chi connectivity index (χ2n) is 5.99. The van der Waals surface area contributed by atoms with Gasteiger partial charge in [-0.2, -0.15) is 5.26 Å². The number of nitrogens with zero attached hydrogens (tertiary/aromatic N) is 4. The van der Waals surface area contributed by atoms with Crippen LogP contribution in [-0.2, 0) is 18.6 Å². The normalized spacial score (nSPS) is 16.8. The fourth-order valence-electron chi connectivity index (χ4n) is 2.96. The SMILES string of the molecule is N#Cc1c(O)nc(SCc2nnc(C3CC3)s2)c2c1CCCC2. The number of nitriles is 1. The molecular formula is C16H16N4OS2. The molecule has 2 aliphatic carbocycles. The molecule has 0 amide bonds. The van der Waals surface area contributed by atoms with E-state index in [0.29, 0.717) is 11.5 Å². The molecule has 5 nitrogen and oxygen atoms in total. The first-order chi connectivity index (χ1) is 11.3. The average molecular weight is 344 g/mol. The van der Waals surface area contributed by atoms with Crippen LogP contribution in [0.15, 0.2) is 5.03 Å². The Kier molecular flexibility index (Phi) is 3.95. The van der Waals surface area contributed by atoms with Crippen LogP contribution in [0, 0.1) is 11.3 Å². The van der Waals surface area contributed by atoms with E-state index in [-0.39, 0.29) is 5.88 Å². The van der Waals surface area contributed by atoms with E-state index in [2.05, 4.69) is 21.3 Å². The van der Waals surface area contributed by atoms with Gasteiger partial charge in [-0.1, -0.05) is 11.8 Å². The van der Waals surface area contributed by atoms with Crippen LogP contribution in [-0.4, -0.2) is 20.3 Å². The minimum Gasteiger partial charge on any atom is -0.492 e. The van der Waals surface area contributed by atoms with Crippen LogP contribution < -0.4 is 0 Å². The average Bonchev–Trinajstić information content (AvgIpc) is 3.31. The Balaban J connectivity index is 1.58. The van der Waals surface area contributed by atoms with Crippen LogP contribution in [0.5, 0.6) is 5.88 Å². The zero-order chi connectivity index (χ0) is 15.8. The first-order valence-corrected chi connectivity index (χ1v) is 9.66. The molecule has 23 heavy (non-hydrogen) atoms. The van der Waals surface area contributed by atoms with Gasteiger partial charge >= 0.3 is 0 Å². The molecule has 0 atom stereocenters. The van der Waals surface area contributed by atoms with Gasteiger partial charge in [0.05, 0.1) is 5.75 Å². The summed E-state index contributed by atoms with van der Waals surface area (Å²) in [6.07, 6.45) is 6.44. The molecule has 1 fully saturated rings. The van der Waals surface area contributed by atoms with Crippen molar-refractivity contribution in [3.05, 3.63) is 26.7 Å². The molecule has 1 saturated carbocycles. The third-order valence-electron chi connectivity index (χ3n) is 4.31. The van der Waals surface area contributed by atoms with E-state index in [0.717, 1.165) is 57.6 Å². The molecule has 1 N–H and O–H groups in total. The van der Waals surface area contributed by atoms with Gasteiger partial charge in [0.15, 0.2) is 0 Å². The zero-order valence-electron chi connectivity index (χ0n) is 12.6. The molecule has 0 radical (unpaired) electrons. The molecule has 0 unspecified atom stereocenters. The number of hydrogen-bond donors (Lipinski definition) is 1. The highest BCUT2D eigenvalue weighted by Gasteiger charge is 2.28. The van der Waals surface area contributed by atoms with E-state index in [4.69, 9.17) is 0 Å². The number of fused-ring (bicyclic) bond motifs is 1. The van der Waals surface area contributed by atoms with Crippen LogP contribution in [0.4, 0.5) is 0 Å². The molecule has 0 saturated heterocycles. The molecule has 2 aromatic heterocycles. The van der Waals surface area contributed by atoms with Gasteiger partial charge in [-0.25, -0.2) is 4.98 Å². The van der Waals surface area contributed by atoms with Gasteiger partial charge in [0.25, 0.3) is 0 Å². The van der Waals surface area contributed by atoms with E-state index in [1.807, 2.05) is 0 Å². The topological polar surface area (TPSA) is 82.7 Å². The predicted octanol–water partition coefficient (Wildman–Crippen LogP) is 3.56. The summed E-state index contributed by atoms with van der Waals surface area (Å²) < 4.78 is 0. The van der Waals surface area contributed by atoms with E-state index in [9.17, 15) is 10.4 Å². The molecule has 0 spiro atoms. The molecule has 2 aliphatic rings. The molecular weight excluding hydrogens is 328 g/mol. The van der Waals surface area contributed by atoms with Crippen molar-refractivity contribution in [1.82, 2.24) is 15.2 Å². The van der Waals surface area contributed by atoms with Gasteiger partial charge in [0.1, 0.15) is 26.7 Å². The lowest BCUT2D eigenvalue weighted by Gasteiger charge is -2.19. The van der Waals surface area contributed by atoms with Crippen molar-refractivity contribution in [2.45, 2.75) is 55.2 Å². The summed E-state index contributed by atoms with van der Waals surface area (Å²) in [7, 11) is 0.